The third kappa shape index (κ3) is 4.58. The second kappa shape index (κ2) is 7.17. The molecule has 0 amide bonds. The molecule has 0 aliphatic heterocycles. The molecule has 1 unspecified atom stereocenters. The van der Waals surface area contributed by atoms with Crippen molar-refractivity contribution in [2.24, 2.45) is 0 Å². The number of hydrogen-bond acceptors (Lipinski definition) is 4. The number of nitrogens with zero attached hydrogens (tertiary/aromatic N) is 2. The summed E-state index contributed by atoms with van der Waals surface area (Å²) in [5.41, 5.74) is 2.07. The molecule has 0 bridgehead atoms. The minimum Gasteiger partial charge on any atom is -0.437 e. The SMILES string of the molecule is CCOPCc1cccc(Oc2cnc(C)cn2)c1. The van der Waals surface area contributed by atoms with Gasteiger partial charge in [-0.3, -0.25) is 4.98 Å². The summed E-state index contributed by atoms with van der Waals surface area (Å²) in [6, 6.07) is 7.96. The van der Waals surface area contributed by atoms with Crippen LogP contribution < -0.4 is 4.74 Å². The van der Waals surface area contributed by atoms with E-state index < -0.39 is 0 Å². The minimum atomic E-state index is 0.489. The van der Waals surface area contributed by atoms with Gasteiger partial charge < -0.3 is 9.26 Å². The Kier molecular flexibility index (Phi) is 5.25. The molecule has 0 N–H and O–H groups in total. The Balaban J connectivity index is 2.00. The number of aryl methyl sites for hydroxylation is 1. The molecular formula is C14H17N2O2P. The zero-order valence-corrected chi connectivity index (χ0v) is 12.1. The molecule has 0 aliphatic rings. The molecule has 1 heterocycles. The molecule has 5 heteroatoms. The van der Waals surface area contributed by atoms with E-state index in [1.807, 2.05) is 32.0 Å². The van der Waals surface area contributed by atoms with Gasteiger partial charge in [0.1, 0.15) is 5.75 Å². The Morgan fingerprint density at radius 3 is 2.84 bits per heavy atom. The zero-order valence-electron chi connectivity index (χ0n) is 11.1. The van der Waals surface area contributed by atoms with Gasteiger partial charge in [-0.05, 0) is 31.5 Å². The predicted octanol–water partition coefficient (Wildman–Crippen LogP) is 3.71. The van der Waals surface area contributed by atoms with E-state index in [9.17, 15) is 0 Å². The smallest absolute Gasteiger partial charge is 0.237 e. The molecule has 0 fully saturated rings. The highest BCUT2D eigenvalue weighted by molar-refractivity contribution is 7.31. The van der Waals surface area contributed by atoms with Crippen LogP contribution in [0.15, 0.2) is 36.7 Å². The van der Waals surface area contributed by atoms with Gasteiger partial charge >= 0.3 is 0 Å². The summed E-state index contributed by atoms with van der Waals surface area (Å²) in [5.74, 6) is 1.28. The molecule has 19 heavy (non-hydrogen) atoms. The van der Waals surface area contributed by atoms with Crippen LogP contribution in [0.5, 0.6) is 11.6 Å². The van der Waals surface area contributed by atoms with E-state index in [0.29, 0.717) is 14.7 Å². The molecule has 0 spiro atoms. The number of benzene rings is 1. The molecule has 4 nitrogen and oxygen atoms in total. The fraction of sp³-hybridized carbons (Fsp3) is 0.286. The maximum atomic E-state index is 5.67. The van der Waals surface area contributed by atoms with Gasteiger partial charge in [0.2, 0.25) is 5.88 Å². The van der Waals surface area contributed by atoms with E-state index in [1.165, 1.54) is 5.56 Å². The number of ether oxygens (including phenoxy) is 1. The number of hydrogen-bond donors (Lipinski definition) is 0. The molecule has 0 radical (unpaired) electrons. The molecule has 2 rings (SSSR count). The lowest BCUT2D eigenvalue weighted by molar-refractivity contribution is 0.389. The number of aromatic nitrogens is 2. The van der Waals surface area contributed by atoms with Gasteiger partial charge in [0.15, 0.2) is 0 Å². The molecule has 2 aromatic rings. The fourth-order valence-electron chi connectivity index (χ4n) is 1.51. The average molecular weight is 276 g/mol. The first-order valence-electron chi connectivity index (χ1n) is 6.18. The van der Waals surface area contributed by atoms with Crippen LogP contribution in [0.2, 0.25) is 0 Å². The third-order valence-electron chi connectivity index (χ3n) is 2.40. The van der Waals surface area contributed by atoms with Gasteiger partial charge in [0.25, 0.3) is 0 Å². The van der Waals surface area contributed by atoms with Crippen molar-refractivity contribution in [3.05, 3.63) is 47.9 Å². The van der Waals surface area contributed by atoms with Crippen LogP contribution >= 0.6 is 8.81 Å². The second-order valence-corrected chi connectivity index (χ2v) is 4.93. The summed E-state index contributed by atoms with van der Waals surface area (Å²) in [7, 11) is 0.489. The predicted molar refractivity (Wildman–Crippen MR) is 76.9 cm³/mol. The van der Waals surface area contributed by atoms with Crippen LogP contribution in [-0.2, 0) is 10.7 Å². The van der Waals surface area contributed by atoms with E-state index in [0.717, 1.165) is 24.2 Å². The Morgan fingerprint density at radius 2 is 2.11 bits per heavy atom. The summed E-state index contributed by atoms with van der Waals surface area (Å²) < 4.78 is 11.0. The monoisotopic (exact) mass is 276 g/mol. The summed E-state index contributed by atoms with van der Waals surface area (Å²) in [6.07, 6.45) is 4.23. The van der Waals surface area contributed by atoms with Crippen LogP contribution in [0.3, 0.4) is 0 Å². The standard InChI is InChI=1S/C14H17N2O2P/c1-3-17-19-10-12-5-4-6-13(7-12)18-14-9-15-11(2)8-16-14/h4-9,19H,3,10H2,1-2H3. The normalized spacial score (nSPS) is 11.1. The minimum absolute atomic E-state index is 0.489. The molecule has 1 aromatic heterocycles. The maximum absolute atomic E-state index is 5.67. The molecule has 100 valence electrons. The number of rotatable bonds is 6. The summed E-state index contributed by atoms with van der Waals surface area (Å²) >= 11 is 0. The Labute approximate surface area is 115 Å². The zero-order chi connectivity index (χ0) is 13.5. The van der Waals surface area contributed by atoms with Crippen LogP contribution in [-0.4, -0.2) is 16.6 Å². The lowest BCUT2D eigenvalue weighted by atomic mass is 10.2. The Hall–Kier alpha value is -1.51. The van der Waals surface area contributed by atoms with Crippen molar-refractivity contribution < 1.29 is 9.26 Å². The summed E-state index contributed by atoms with van der Waals surface area (Å²) in [6.45, 7) is 4.66. The first-order chi connectivity index (χ1) is 9.28. The van der Waals surface area contributed by atoms with Crippen molar-refractivity contribution in [3.63, 3.8) is 0 Å². The van der Waals surface area contributed by atoms with E-state index in [-0.39, 0.29) is 0 Å². The second-order valence-electron chi connectivity index (χ2n) is 4.00. The molecule has 1 aromatic carbocycles. The van der Waals surface area contributed by atoms with Gasteiger partial charge in [0, 0.05) is 21.6 Å². The quantitative estimate of drug-likeness (QED) is 0.596. The lowest BCUT2D eigenvalue weighted by Gasteiger charge is -2.07. The van der Waals surface area contributed by atoms with Crippen molar-refractivity contribution in [3.8, 4) is 11.6 Å². The van der Waals surface area contributed by atoms with Crippen molar-refractivity contribution in [1.29, 1.82) is 0 Å². The Bertz CT molecular complexity index is 517. The molecule has 0 aliphatic carbocycles. The van der Waals surface area contributed by atoms with Crippen LogP contribution in [0.4, 0.5) is 0 Å². The van der Waals surface area contributed by atoms with Gasteiger partial charge in [-0.25, -0.2) is 4.98 Å². The van der Waals surface area contributed by atoms with Gasteiger partial charge in [-0.2, -0.15) is 0 Å². The van der Waals surface area contributed by atoms with Crippen LogP contribution in [0.25, 0.3) is 0 Å². The van der Waals surface area contributed by atoms with Gasteiger partial charge in [-0.15, -0.1) is 0 Å². The van der Waals surface area contributed by atoms with Crippen molar-refractivity contribution >= 4 is 8.81 Å². The van der Waals surface area contributed by atoms with Gasteiger partial charge in [-0.1, -0.05) is 12.1 Å². The first kappa shape index (κ1) is 13.9. The van der Waals surface area contributed by atoms with E-state index in [1.54, 1.807) is 12.4 Å². The van der Waals surface area contributed by atoms with Crippen molar-refractivity contribution in [2.45, 2.75) is 20.0 Å². The van der Waals surface area contributed by atoms with E-state index in [2.05, 4.69) is 16.0 Å². The molecule has 0 saturated carbocycles. The van der Waals surface area contributed by atoms with Crippen LogP contribution in [0.1, 0.15) is 18.2 Å². The molecule has 0 saturated heterocycles. The lowest BCUT2D eigenvalue weighted by Crippen LogP contribution is -1.91. The largest absolute Gasteiger partial charge is 0.437 e. The maximum Gasteiger partial charge on any atom is 0.237 e. The third-order valence-corrected chi connectivity index (χ3v) is 3.45. The highest BCUT2D eigenvalue weighted by Crippen LogP contribution is 2.24. The highest BCUT2D eigenvalue weighted by atomic mass is 31.1. The summed E-state index contributed by atoms with van der Waals surface area (Å²) in [5, 5.41) is 0. The first-order valence-corrected chi connectivity index (χ1v) is 7.29. The molecule has 1 atom stereocenters. The fourth-order valence-corrected chi connectivity index (χ4v) is 2.20. The van der Waals surface area contributed by atoms with E-state index >= 15 is 0 Å². The highest BCUT2D eigenvalue weighted by Gasteiger charge is 2.01. The Morgan fingerprint density at radius 1 is 1.21 bits per heavy atom. The van der Waals surface area contributed by atoms with Gasteiger partial charge in [0.05, 0.1) is 18.1 Å². The van der Waals surface area contributed by atoms with Crippen molar-refractivity contribution in [2.75, 3.05) is 6.61 Å². The van der Waals surface area contributed by atoms with Crippen molar-refractivity contribution in [1.82, 2.24) is 9.97 Å². The average Bonchev–Trinajstić information content (AvgIpc) is 2.42. The molecular weight excluding hydrogens is 259 g/mol. The summed E-state index contributed by atoms with van der Waals surface area (Å²) in [4.78, 5) is 8.32. The van der Waals surface area contributed by atoms with E-state index in [4.69, 9.17) is 9.26 Å². The van der Waals surface area contributed by atoms with Crippen LogP contribution in [0, 0.1) is 6.92 Å². The topological polar surface area (TPSA) is 44.2 Å².